The van der Waals surface area contributed by atoms with Crippen molar-refractivity contribution in [1.82, 2.24) is 4.98 Å². The van der Waals surface area contributed by atoms with Crippen molar-refractivity contribution in [3.8, 4) is 17.2 Å². The Bertz CT molecular complexity index is 1640. The second kappa shape index (κ2) is 8.17. The first-order valence-electron chi connectivity index (χ1n) is 10.8. The second-order valence-electron chi connectivity index (χ2n) is 7.93. The zero-order valence-corrected chi connectivity index (χ0v) is 19.9. The lowest BCUT2D eigenvalue weighted by atomic mass is 9.97. The number of amides is 1. The minimum absolute atomic E-state index is 0.115. The number of fused-ring (bicyclic) bond motifs is 3. The van der Waals surface area contributed by atoms with Gasteiger partial charge in [-0.15, -0.1) is 11.3 Å². The van der Waals surface area contributed by atoms with Gasteiger partial charge in [-0.25, -0.2) is 4.98 Å². The number of benzene rings is 3. The first-order chi connectivity index (χ1) is 17.1. The van der Waals surface area contributed by atoms with Crippen LogP contribution in [0.15, 0.2) is 88.7 Å². The number of nitrogens with two attached hydrogens (primary N) is 2. The summed E-state index contributed by atoms with van der Waals surface area (Å²) >= 11 is 2.82. The van der Waals surface area contributed by atoms with Crippen LogP contribution in [-0.2, 0) is 0 Å². The number of carbonyl (C=O) groups excluding carboxylic acids is 1. The van der Waals surface area contributed by atoms with Gasteiger partial charge in [0.25, 0.3) is 5.91 Å². The molecule has 3 heterocycles. The number of para-hydroxylation sites is 2. The van der Waals surface area contributed by atoms with Crippen molar-refractivity contribution in [2.45, 2.75) is 9.79 Å². The first-order valence-corrected chi connectivity index (χ1v) is 12.4. The van der Waals surface area contributed by atoms with E-state index in [0.29, 0.717) is 26.3 Å². The molecule has 35 heavy (non-hydrogen) atoms. The molecular formula is C27H17N5OS2. The fraction of sp³-hybridized carbons (Fsp3) is 0. The van der Waals surface area contributed by atoms with Crippen LogP contribution in [0.3, 0.4) is 0 Å². The lowest BCUT2D eigenvalue weighted by Crippen LogP contribution is -2.28. The molecule has 0 bridgehead atoms. The third-order valence-electron chi connectivity index (χ3n) is 5.91. The average Bonchev–Trinajstić information content (AvgIpc) is 3.22. The number of carbonyl (C=O) groups is 1. The number of nitrogen functional groups attached to an aromatic ring is 2. The fourth-order valence-electron chi connectivity index (χ4n) is 4.36. The normalized spacial score (nSPS) is 12.1. The van der Waals surface area contributed by atoms with Gasteiger partial charge < -0.3 is 11.5 Å². The van der Waals surface area contributed by atoms with Gasteiger partial charge in [0.2, 0.25) is 0 Å². The third kappa shape index (κ3) is 3.25. The van der Waals surface area contributed by atoms with Crippen molar-refractivity contribution in [3.05, 3.63) is 89.3 Å². The highest BCUT2D eigenvalue weighted by molar-refractivity contribution is 7.99. The summed E-state index contributed by atoms with van der Waals surface area (Å²) in [7, 11) is 0. The van der Waals surface area contributed by atoms with E-state index in [2.05, 4.69) is 11.1 Å². The van der Waals surface area contributed by atoms with E-state index in [1.807, 2.05) is 78.9 Å². The number of pyridine rings is 1. The quantitative estimate of drug-likeness (QED) is 0.294. The zero-order chi connectivity index (χ0) is 24.1. The number of aromatic nitrogens is 1. The van der Waals surface area contributed by atoms with Crippen LogP contribution in [0.1, 0.15) is 15.2 Å². The number of nitrogens with zero attached hydrogens (tertiary/aromatic N) is 3. The molecule has 3 aromatic carbocycles. The van der Waals surface area contributed by atoms with Crippen LogP contribution >= 0.6 is 23.1 Å². The van der Waals surface area contributed by atoms with Gasteiger partial charge in [-0.1, -0.05) is 66.4 Å². The van der Waals surface area contributed by atoms with Gasteiger partial charge in [-0.3, -0.25) is 9.69 Å². The van der Waals surface area contributed by atoms with Gasteiger partial charge in [0, 0.05) is 20.7 Å². The van der Waals surface area contributed by atoms with Gasteiger partial charge in [0.1, 0.15) is 27.2 Å². The number of hydrogen-bond acceptors (Lipinski definition) is 7. The Hall–Kier alpha value is -4.32. The monoisotopic (exact) mass is 491 g/mol. The third-order valence-corrected chi connectivity index (χ3v) is 8.13. The standard InChI is InChI=1S/C27H17N5OS2/c28-14-16-21(15-8-2-1-3-9-15)22-23(29)24(35-26(22)31-25(16)30)27(33)32-17-10-4-6-12-19(17)34-20-13-7-5-11-18(20)32/h1-13H,29H2,(H2,30,31). The summed E-state index contributed by atoms with van der Waals surface area (Å²) in [5.41, 5.74) is 16.4. The van der Waals surface area contributed by atoms with E-state index in [1.165, 1.54) is 11.3 Å². The van der Waals surface area contributed by atoms with E-state index in [-0.39, 0.29) is 17.3 Å². The molecule has 1 aliphatic rings. The highest BCUT2D eigenvalue weighted by atomic mass is 32.2. The first kappa shape index (κ1) is 21.2. The van der Waals surface area contributed by atoms with Crippen LogP contribution in [0.25, 0.3) is 21.3 Å². The maximum absolute atomic E-state index is 14.1. The lowest BCUT2D eigenvalue weighted by molar-refractivity contribution is 0.100. The minimum Gasteiger partial charge on any atom is -0.397 e. The van der Waals surface area contributed by atoms with E-state index < -0.39 is 0 Å². The van der Waals surface area contributed by atoms with E-state index in [0.717, 1.165) is 26.7 Å². The molecule has 0 atom stereocenters. The largest absolute Gasteiger partial charge is 0.397 e. The maximum atomic E-state index is 14.1. The SMILES string of the molecule is N#Cc1c(N)nc2sc(C(=O)N3c4ccccc4Sc4ccccc43)c(N)c2c1-c1ccccc1. The molecule has 168 valence electrons. The number of rotatable bonds is 2. The van der Waals surface area contributed by atoms with E-state index in [4.69, 9.17) is 11.5 Å². The topological polar surface area (TPSA) is 109 Å². The van der Waals surface area contributed by atoms with Crippen LogP contribution in [0.2, 0.25) is 0 Å². The molecule has 0 fully saturated rings. The molecule has 0 aliphatic carbocycles. The summed E-state index contributed by atoms with van der Waals surface area (Å²) in [5.74, 6) is -0.133. The van der Waals surface area contributed by atoms with Crippen molar-refractivity contribution in [2.24, 2.45) is 0 Å². The molecule has 8 heteroatoms. The highest BCUT2D eigenvalue weighted by Gasteiger charge is 2.32. The fourth-order valence-corrected chi connectivity index (χ4v) is 6.46. The number of thiophene rings is 1. The van der Waals surface area contributed by atoms with Crippen LogP contribution in [0, 0.1) is 11.3 Å². The molecule has 0 saturated carbocycles. The van der Waals surface area contributed by atoms with Crippen molar-refractivity contribution < 1.29 is 4.79 Å². The number of anilines is 4. The maximum Gasteiger partial charge on any atom is 0.275 e. The molecule has 6 nitrogen and oxygen atoms in total. The van der Waals surface area contributed by atoms with E-state index >= 15 is 0 Å². The molecule has 2 aromatic heterocycles. The summed E-state index contributed by atoms with van der Waals surface area (Å²) < 4.78 is 0. The highest BCUT2D eigenvalue weighted by Crippen LogP contribution is 2.50. The molecular weight excluding hydrogens is 474 g/mol. The smallest absolute Gasteiger partial charge is 0.275 e. The predicted molar refractivity (Wildman–Crippen MR) is 142 cm³/mol. The summed E-state index contributed by atoms with van der Waals surface area (Å²) in [6, 6.07) is 27.2. The summed E-state index contributed by atoms with van der Waals surface area (Å²) in [4.78, 5) is 23.1. The van der Waals surface area contributed by atoms with E-state index in [9.17, 15) is 10.1 Å². The predicted octanol–water partition coefficient (Wildman–Crippen LogP) is 6.44. The van der Waals surface area contributed by atoms with Crippen molar-refractivity contribution in [2.75, 3.05) is 16.4 Å². The van der Waals surface area contributed by atoms with Gasteiger partial charge in [0.05, 0.1) is 17.1 Å². The van der Waals surface area contributed by atoms with Crippen molar-refractivity contribution >= 4 is 62.1 Å². The molecule has 1 aliphatic heterocycles. The molecule has 0 radical (unpaired) electrons. The van der Waals surface area contributed by atoms with Crippen molar-refractivity contribution in [1.29, 1.82) is 5.26 Å². The lowest BCUT2D eigenvalue weighted by Gasteiger charge is -2.30. The van der Waals surface area contributed by atoms with Gasteiger partial charge in [-0.2, -0.15) is 5.26 Å². The summed E-state index contributed by atoms with van der Waals surface area (Å²) in [6.45, 7) is 0. The van der Waals surface area contributed by atoms with Gasteiger partial charge in [0.15, 0.2) is 0 Å². The molecule has 0 saturated heterocycles. The Balaban J connectivity index is 1.60. The van der Waals surface area contributed by atoms with Crippen LogP contribution in [-0.4, -0.2) is 10.9 Å². The second-order valence-corrected chi connectivity index (χ2v) is 10.0. The Morgan fingerprint density at radius 2 is 1.49 bits per heavy atom. The number of hydrogen-bond donors (Lipinski definition) is 2. The molecule has 1 amide bonds. The Morgan fingerprint density at radius 1 is 0.886 bits per heavy atom. The minimum atomic E-state index is -0.248. The molecule has 6 rings (SSSR count). The van der Waals surface area contributed by atoms with Gasteiger partial charge in [-0.05, 0) is 29.8 Å². The Kier molecular flexibility index (Phi) is 4.95. The molecule has 0 spiro atoms. The Labute approximate surface area is 209 Å². The molecule has 4 N–H and O–H groups in total. The summed E-state index contributed by atoms with van der Waals surface area (Å²) in [5, 5.41) is 10.4. The van der Waals surface area contributed by atoms with Crippen LogP contribution in [0.4, 0.5) is 22.9 Å². The number of nitriles is 1. The zero-order valence-electron chi connectivity index (χ0n) is 18.2. The average molecular weight is 492 g/mol. The molecule has 5 aromatic rings. The molecule has 0 unspecified atom stereocenters. The van der Waals surface area contributed by atoms with Crippen LogP contribution in [0.5, 0.6) is 0 Å². The van der Waals surface area contributed by atoms with E-state index in [1.54, 1.807) is 16.7 Å². The Morgan fingerprint density at radius 3 is 2.11 bits per heavy atom. The van der Waals surface area contributed by atoms with Crippen molar-refractivity contribution in [3.63, 3.8) is 0 Å². The van der Waals surface area contributed by atoms with Gasteiger partial charge >= 0.3 is 0 Å². The summed E-state index contributed by atoms with van der Waals surface area (Å²) in [6.07, 6.45) is 0. The van der Waals surface area contributed by atoms with Crippen LogP contribution < -0.4 is 16.4 Å².